The van der Waals surface area contributed by atoms with Crippen molar-refractivity contribution in [2.24, 2.45) is 5.73 Å². The van der Waals surface area contributed by atoms with E-state index in [9.17, 15) is 0 Å². The number of rotatable bonds is 5. The molecule has 2 heteroatoms. The minimum Gasteiger partial charge on any atom is -0.457 e. The van der Waals surface area contributed by atoms with Crippen LogP contribution in [0.4, 0.5) is 0 Å². The van der Waals surface area contributed by atoms with E-state index in [1.54, 1.807) is 0 Å². The molecule has 0 aliphatic heterocycles. The summed E-state index contributed by atoms with van der Waals surface area (Å²) in [6.07, 6.45) is 1.88. The van der Waals surface area contributed by atoms with Crippen LogP contribution in [0.5, 0.6) is 11.5 Å². The van der Waals surface area contributed by atoms with Crippen LogP contribution in [-0.4, -0.2) is 6.04 Å². The first-order valence-corrected chi connectivity index (χ1v) is 7.18. The van der Waals surface area contributed by atoms with Gasteiger partial charge in [-0.2, -0.15) is 0 Å². The van der Waals surface area contributed by atoms with E-state index in [-0.39, 0.29) is 6.04 Å². The normalized spacial score (nSPS) is 12.2. The van der Waals surface area contributed by atoms with Gasteiger partial charge in [0.15, 0.2) is 0 Å². The lowest BCUT2D eigenvalue weighted by atomic mass is 10.0. The van der Waals surface area contributed by atoms with Crippen molar-refractivity contribution in [2.75, 3.05) is 0 Å². The summed E-state index contributed by atoms with van der Waals surface area (Å²) in [5.41, 5.74) is 9.63. The maximum atomic E-state index is 6.01. The van der Waals surface area contributed by atoms with E-state index < -0.39 is 0 Å². The van der Waals surface area contributed by atoms with Crippen LogP contribution in [0, 0.1) is 13.8 Å². The van der Waals surface area contributed by atoms with Crippen LogP contribution in [0.2, 0.25) is 0 Å². The molecule has 2 aromatic rings. The van der Waals surface area contributed by atoms with E-state index in [1.165, 1.54) is 11.1 Å². The minimum atomic E-state index is 0.214. The third-order valence-corrected chi connectivity index (χ3v) is 3.48. The zero-order chi connectivity index (χ0) is 14.5. The first-order chi connectivity index (χ1) is 9.58. The van der Waals surface area contributed by atoms with E-state index in [0.29, 0.717) is 0 Å². The molecule has 0 saturated carbocycles. The average molecular weight is 269 g/mol. The molecule has 0 bridgehead atoms. The molecule has 0 aliphatic rings. The highest BCUT2D eigenvalue weighted by atomic mass is 16.5. The van der Waals surface area contributed by atoms with Crippen molar-refractivity contribution in [2.45, 2.75) is 39.7 Å². The molecular formula is C18H23NO. The molecule has 0 fully saturated rings. The molecule has 2 nitrogen and oxygen atoms in total. The summed E-state index contributed by atoms with van der Waals surface area (Å²) in [5.74, 6) is 1.78. The van der Waals surface area contributed by atoms with Gasteiger partial charge in [0, 0.05) is 6.04 Å². The summed E-state index contributed by atoms with van der Waals surface area (Å²) >= 11 is 0. The molecule has 2 N–H and O–H groups in total. The van der Waals surface area contributed by atoms with E-state index in [4.69, 9.17) is 10.5 Å². The molecule has 1 atom stereocenters. The van der Waals surface area contributed by atoms with Gasteiger partial charge in [-0.3, -0.25) is 0 Å². The monoisotopic (exact) mass is 269 g/mol. The number of hydrogen-bond donors (Lipinski definition) is 1. The molecule has 0 saturated heterocycles. The molecule has 0 amide bonds. The standard InChI is InChI=1S/C18H23NO/c1-4-16(19)11-15-6-5-7-17(12-15)20-18-9-8-13(2)10-14(18)3/h5-10,12,16H,4,11,19H2,1-3H3. The van der Waals surface area contributed by atoms with E-state index in [0.717, 1.165) is 29.9 Å². The second-order valence-electron chi connectivity index (χ2n) is 5.39. The van der Waals surface area contributed by atoms with Crippen molar-refractivity contribution in [1.29, 1.82) is 0 Å². The van der Waals surface area contributed by atoms with Crippen LogP contribution in [0.15, 0.2) is 42.5 Å². The second kappa shape index (κ2) is 6.58. The van der Waals surface area contributed by atoms with Gasteiger partial charge in [0.2, 0.25) is 0 Å². The smallest absolute Gasteiger partial charge is 0.130 e. The molecule has 106 valence electrons. The largest absolute Gasteiger partial charge is 0.457 e. The maximum Gasteiger partial charge on any atom is 0.130 e. The Morgan fingerprint density at radius 3 is 2.60 bits per heavy atom. The third kappa shape index (κ3) is 3.84. The van der Waals surface area contributed by atoms with Crippen LogP contribution in [-0.2, 0) is 6.42 Å². The van der Waals surface area contributed by atoms with Crippen molar-refractivity contribution < 1.29 is 4.74 Å². The van der Waals surface area contributed by atoms with E-state index >= 15 is 0 Å². The van der Waals surface area contributed by atoms with Gasteiger partial charge < -0.3 is 10.5 Å². The Balaban J connectivity index is 2.15. The van der Waals surface area contributed by atoms with Crippen molar-refractivity contribution >= 4 is 0 Å². The van der Waals surface area contributed by atoms with Crippen LogP contribution in [0.1, 0.15) is 30.0 Å². The van der Waals surface area contributed by atoms with E-state index in [2.05, 4.69) is 45.0 Å². The summed E-state index contributed by atoms with van der Waals surface area (Å²) in [6, 6.07) is 14.6. The fourth-order valence-electron chi connectivity index (χ4n) is 2.22. The maximum absolute atomic E-state index is 6.01. The van der Waals surface area contributed by atoms with Crippen molar-refractivity contribution in [3.8, 4) is 11.5 Å². The van der Waals surface area contributed by atoms with Crippen LogP contribution < -0.4 is 10.5 Å². The van der Waals surface area contributed by atoms with Crippen LogP contribution in [0.3, 0.4) is 0 Å². The number of hydrogen-bond acceptors (Lipinski definition) is 2. The predicted molar refractivity (Wildman–Crippen MR) is 84.4 cm³/mol. The molecule has 0 aromatic heterocycles. The number of ether oxygens (including phenoxy) is 1. The summed E-state index contributed by atoms with van der Waals surface area (Å²) < 4.78 is 5.98. The van der Waals surface area contributed by atoms with Gasteiger partial charge in [0.05, 0.1) is 0 Å². The summed E-state index contributed by atoms with van der Waals surface area (Å²) in [5, 5.41) is 0. The molecule has 2 aromatic carbocycles. The fourth-order valence-corrected chi connectivity index (χ4v) is 2.22. The van der Waals surface area contributed by atoms with Crippen molar-refractivity contribution in [3.63, 3.8) is 0 Å². The summed E-state index contributed by atoms with van der Waals surface area (Å²) in [6.45, 7) is 6.27. The van der Waals surface area contributed by atoms with Gasteiger partial charge in [-0.05, 0) is 56.0 Å². The summed E-state index contributed by atoms with van der Waals surface area (Å²) in [4.78, 5) is 0. The van der Waals surface area contributed by atoms with Gasteiger partial charge in [0.25, 0.3) is 0 Å². The van der Waals surface area contributed by atoms with Crippen molar-refractivity contribution in [1.82, 2.24) is 0 Å². The lowest BCUT2D eigenvalue weighted by molar-refractivity contribution is 0.477. The zero-order valence-corrected chi connectivity index (χ0v) is 12.5. The molecule has 0 aliphatic carbocycles. The number of aryl methyl sites for hydroxylation is 2. The Morgan fingerprint density at radius 2 is 1.90 bits per heavy atom. The molecule has 2 rings (SSSR count). The molecular weight excluding hydrogens is 246 g/mol. The fraction of sp³-hybridized carbons (Fsp3) is 0.333. The van der Waals surface area contributed by atoms with Gasteiger partial charge in [-0.15, -0.1) is 0 Å². The quantitative estimate of drug-likeness (QED) is 0.874. The highest BCUT2D eigenvalue weighted by Crippen LogP contribution is 2.26. The highest BCUT2D eigenvalue weighted by Gasteiger charge is 2.05. The van der Waals surface area contributed by atoms with Crippen molar-refractivity contribution in [3.05, 3.63) is 59.2 Å². The minimum absolute atomic E-state index is 0.214. The Hall–Kier alpha value is -1.80. The second-order valence-corrected chi connectivity index (χ2v) is 5.39. The number of benzene rings is 2. The first-order valence-electron chi connectivity index (χ1n) is 7.18. The lowest BCUT2D eigenvalue weighted by Crippen LogP contribution is -2.21. The molecule has 20 heavy (non-hydrogen) atoms. The summed E-state index contributed by atoms with van der Waals surface area (Å²) in [7, 11) is 0. The Kier molecular flexibility index (Phi) is 4.80. The van der Waals surface area contributed by atoms with Gasteiger partial charge in [-0.1, -0.05) is 36.8 Å². The third-order valence-electron chi connectivity index (χ3n) is 3.48. The Bertz CT molecular complexity index is 577. The van der Waals surface area contributed by atoms with Gasteiger partial charge >= 0.3 is 0 Å². The Morgan fingerprint density at radius 1 is 1.10 bits per heavy atom. The van der Waals surface area contributed by atoms with E-state index in [1.807, 2.05) is 18.2 Å². The SMILES string of the molecule is CCC(N)Cc1cccc(Oc2ccc(C)cc2C)c1. The topological polar surface area (TPSA) is 35.2 Å². The molecule has 0 radical (unpaired) electrons. The Labute approximate surface area is 121 Å². The lowest BCUT2D eigenvalue weighted by Gasteiger charge is -2.12. The predicted octanol–water partition coefficient (Wildman–Crippen LogP) is 4.38. The van der Waals surface area contributed by atoms with Crippen LogP contribution >= 0.6 is 0 Å². The average Bonchev–Trinajstić information content (AvgIpc) is 2.42. The molecule has 0 heterocycles. The first kappa shape index (κ1) is 14.6. The van der Waals surface area contributed by atoms with Gasteiger partial charge in [-0.25, -0.2) is 0 Å². The van der Waals surface area contributed by atoms with Gasteiger partial charge in [0.1, 0.15) is 11.5 Å². The molecule has 0 spiro atoms. The zero-order valence-electron chi connectivity index (χ0n) is 12.5. The van der Waals surface area contributed by atoms with Crippen LogP contribution in [0.25, 0.3) is 0 Å². The highest BCUT2D eigenvalue weighted by molar-refractivity contribution is 5.40. The number of nitrogens with two attached hydrogens (primary N) is 1. The molecule has 1 unspecified atom stereocenters.